The average Bonchev–Trinajstić information content (AvgIpc) is 2.65. The fraction of sp³-hybridized carbons (Fsp3) is 0.273. The number of nitrogens with one attached hydrogen (secondary N) is 1. The molecule has 6 heteroatoms. The Hall–Kier alpha value is -3.46. The van der Waals surface area contributed by atoms with E-state index < -0.39 is 17.5 Å². The van der Waals surface area contributed by atoms with Crippen LogP contribution in [0.15, 0.2) is 48.5 Å². The second kappa shape index (κ2) is 8.49. The Kier molecular flexibility index (Phi) is 6.32. The molecule has 0 aromatic heterocycles. The van der Waals surface area contributed by atoms with Gasteiger partial charge in [0.15, 0.2) is 0 Å². The average molecular weight is 379 g/mol. The highest BCUT2D eigenvalue weighted by Gasteiger charge is 2.34. The number of nitrogens with zero attached hydrogens (tertiary/aromatic N) is 1. The fourth-order valence-corrected chi connectivity index (χ4v) is 2.75. The molecule has 146 valence electrons. The molecule has 0 saturated heterocycles. The van der Waals surface area contributed by atoms with E-state index in [1.54, 1.807) is 48.5 Å². The number of carbonyl (C=O) groups excluding carboxylic acids is 2. The zero-order valence-corrected chi connectivity index (χ0v) is 16.5. The lowest BCUT2D eigenvalue weighted by atomic mass is 10.0. The topological polar surface area (TPSA) is 84.7 Å². The van der Waals surface area contributed by atoms with E-state index in [4.69, 9.17) is 16.9 Å². The van der Waals surface area contributed by atoms with Crippen molar-refractivity contribution in [1.82, 2.24) is 5.32 Å². The van der Waals surface area contributed by atoms with Crippen LogP contribution in [0, 0.1) is 12.3 Å². The van der Waals surface area contributed by atoms with Crippen LogP contribution < -0.4 is 20.7 Å². The van der Waals surface area contributed by atoms with Crippen molar-refractivity contribution in [1.29, 1.82) is 0 Å². The molecule has 2 aromatic carbocycles. The Balaban J connectivity index is 2.63. The van der Waals surface area contributed by atoms with Crippen molar-refractivity contribution < 1.29 is 14.3 Å². The molecule has 2 amide bonds. The first kappa shape index (κ1) is 20.8. The van der Waals surface area contributed by atoms with Gasteiger partial charge in [-0.1, -0.05) is 18.2 Å². The van der Waals surface area contributed by atoms with E-state index in [-0.39, 0.29) is 5.91 Å². The zero-order chi connectivity index (χ0) is 20.9. The van der Waals surface area contributed by atoms with Gasteiger partial charge in [0.2, 0.25) is 5.91 Å². The molecule has 1 unspecified atom stereocenters. The van der Waals surface area contributed by atoms with Gasteiger partial charge in [0.05, 0.1) is 7.11 Å². The molecule has 0 fully saturated rings. The number of amides is 2. The molecular weight excluding hydrogens is 354 g/mol. The summed E-state index contributed by atoms with van der Waals surface area (Å²) in [7, 11) is 1.52. The van der Waals surface area contributed by atoms with Gasteiger partial charge in [-0.25, -0.2) is 0 Å². The summed E-state index contributed by atoms with van der Waals surface area (Å²) in [6.07, 6.45) is 5.42. The van der Waals surface area contributed by atoms with E-state index in [1.165, 1.54) is 12.0 Å². The summed E-state index contributed by atoms with van der Waals surface area (Å²) in [5.41, 5.74) is 6.88. The Labute approximate surface area is 165 Å². The van der Waals surface area contributed by atoms with Crippen molar-refractivity contribution in [3.63, 3.8) is 0 Å². The monoisotopic (exact) mass is 379 g/mol. The van der Waals surface area contributed by atoms with Gasteiger partial charge in [-0.3, -0.25) is 14.5 Å². The summed E-state index contributed by atoms with van der Waals surface area (Å²) < 4.78 is 5.25. The molecule has 0 heterocycles. The maximum absolute atomic E-state index is 13.2. The minimum atomic E-state index is -0.976. The van der Waals surface area contributed by atoms with E-state index in [0.29, 0.717) is 22.7 Å². The maximum Gasteiger partial charge on any atom is 0.303 e. The number of rotatable bonds is 5. The van der Waals surface area contributed by atoms with Gasteiger partial charge in [0.1, 0.15) is 11.8 Å². The molecule has 2 rings (SSSR count). The fourth-order valence-electron chi connectivity index (χ4n) is 2.75. The van der Waals surface area contributed by atoms with Gasteiger partial charge in [0, 0.05) is 23.0 Å². The van der Waals surface area contributed by atoms with Gasteiger partial charge in [-0.2, -0.15) is 0 Å². The van der Waals surface area contributed by atoms with Crippen molar-refractivity contribution in [3.8, 4) is 18.1 Å². The third-order valence-electron chi connectivity index (χ3n) is 3.93. The maximum atomic E-state index is 13.2. The van der Waals surface area contributed by atoms with Gasteiger partial charge >= 0.3 is 5.91 Å². The van der Waals surface area contributed by atoms with E-state index in [0.717, 1.165) is 0 Å². The molecule has 6 nitrogen and oxygen atoms in total. The normalized spacial score (nSPS) is 11.8. The van der Waals surface area contributed by atoms with Gasteiger partial charge in [-0.15, -0.1) is 6.42 Å². The van der Waals surface area contributed by atoms with Crippen LogP contribution in [0.25, 0.3) is 0 Å². The lowest BCUT2D eigenvalue weighted by molar-refractivity contribution is -0.126. The lowest BCUT2D eigenvalue weighted by Gasteiger charge is -2.32. The van der Waals surface area contributed by atoms with Crippen molar-refractivity contribution in [2.45, 2.75) is 32.4 Å². The van der Waals surface area contributed by atoms with Crippen molar-refractivity contribution in [3.05, 3.63) is 54.1 Å². The van der Waals surface area contributed by atoms with E-state index in [2.05, 4.69) is 11.2 Å². The van der Waals surface area contributed by atoms with Gasteiger partial charge in [0.25, 0.3) is 0 Å². The molecule has 28 heavy (non-hydrogen) atoms. The lowest BCUT2D eigenvalue weighted by Crippen LogP contribution is -2.49. The number of benzene rings is 2. The summed E-state index contributed by atoms with van der Waals surface area (Å²) in [6.45, 7) is 5.59. The number of carbonyl (C=O) groups is 2. The van der Waals surface area contributed by atoms with Crippen LogP contribution in [0.2, 0.25) is 0 Å². The Morgan fingerprint density at radius 3 is 2.36 bits per heavy atom. The van der Waals surface area contributed by atoms with Crippen LogP contribution >= 0.6 is 0 Å². The highest BCUT2D eigenvalue weighted by Crippen LogP contribution is 2.31. The number of ether oxygens (including phenoxy) is 1. The molecule has 3 N–H and O–H groups in total. The van der Waals surface area contributed by atoms with E-state index in [1.807, 2.05) is 20.8 Å². The van der Waals surface area contributed by atoms with Crippen LogP contribution in [0.3, 0.4) is 0 Å². The predicted octanol–water partition coefficient (Wildman–Crippen LogP) is 2.90. The van der Waals surface area contributed by atoms with E-state index >= 15 is 0 Å². The molecular formula is C22H25N3O3. The zero-order valence-electron chi connectivity index (χ0n) is 16.5. The first-order valence-corrected chi connectivity index (χ1v) is 8.77. The largest absolute Gasteiger partial charge is 0.497 e. The molecule has 0 aliphatic heterocycles. The van der Waals surface area contributed by atoms with Gasteiger partial charge < -0.3 is 15.8 Å². The molecule has 0 saturated carbocycles. The second-order valence-electron chi connectivity index (χ2n) is 7.33. The Bertz CT molecular complexity index is 892. The molecule has 0 radical (unpaired) electrons. The van der Waals surface area contributed by atoms with Crippen molar-refractivity contribution in [2.75, 3.05) is 17.7 Å². The second-order valence-corrected chi connectivity index (χ2v) is 7.33. The number of terminal acetylenes is 1. The Morgan fingerprint density at radius 1 is 1.18 bits per heavy atom. The summed E-state index contributed by atoms with van der Waals surface area (Å²) >= 11 is 0. The number of methoxy groups -OCH3 is 1. The first-order valence-electron chi connectivity index (χ1n) is 8.77. The number of hydrogen-bond donors (Lipinski definition) is 2. The van der Waals surface area contributed by atoms with Crippen molar-refractivity contribution in [2.24, 2.45) is 0 Å². The van der Waals surface area contributed by atoms with E-state index in [9.17, 15) is 9.59 Å². The van der Waals surface area contributed by atoms with Crippen LogP contribution in [0.5, 0.6) is 5.75 Å². The quantitative estimate of drug-likeness (QED) is 0.618. The summed E-state index contributed by atoms with van der Waals surface area (Å²) in [5, 5.41) is 2.93. The van der Waals surface area contributed by atoms with Gasteiger partial charge in [-0.05, 0) is 56.5 Å². The minimum Gasteiger partial charge on any atom is -0.497 e. The molecule has 0 aliphatic carbocycles. The number of anilines is 2. The summed E-state index contributed by atoms with van der Waals surface area (Å²) in [5.74, 6) is 1.67. The molecule has 0 bridgehead atoms. The SMILES string of the molecule is C#CC(=O)N(c1cccc(OC)c1)C(C(=O)NC(C)(C)C)c1ccc(N)cc1. The number of nitrogens with two attached hydrogens (primary N) is 1. The van der Waals surface area contributed by atoms with Crippen LogP contribution in [0.4, 0.5) is 11.4 Å². The third kappa shape index (κ3) is 5.04. The summed E-state index contributed by atoms with van der Waals surface area (Å²) in [6, 6.07) is 12.6. The number of hydrogen-bond acceptors (Lipinski definition) is 4. The highest BCUT2D eigenvalue weighted by molar-refractivity contribution is 6.09. The van der Waals surface area contributed by atoms with Crippen molar-refractivity contribution >= 4 is 23.2 Å². The standard InChI is InChI=1S/C22H25N3O3/c1-6-19(26)25(17-8-7-9-18(14-17)28-5)20(21(27)24-22(2,3)4)15-10-12-16(23)13-11-15/h1,7-14,20H,23H2,2-5H3,(H,24,27). The number of nitrogen functional groups attached to an aromatic ring is 1. The summed E-state index contributed by atoms with van der Waals surface area (Å²) in [4.78, 5) is 27.2. The molecule has 0 spiro atoms. The van der Waals surface area contributed by atoms with Crippen LogP contribution in [0.1, 0.15) is 32.4 Å². The third-order valence-corrected chi connectivity index (χ3v) is 3.93. The minimum absolute atomic E-state index is 0.358. The van der Waals surface area contributed by atoms with Crippen LogP contribution in [-0.2, 0) is 9.59 Å². The molecule has 0 aliphatic rings. The smallest absolute Gasteiger partial charge is 0.303 e. The van der Waals surface area contributed by atoms with Crippen LogP contribution in [-0.4, -0.2) is 24.5 Å². The first-order chi connectivity index (χ1) is 13.2. The predicted molar refractivity (Wildman–Crippen MR) is 111 cm³/mol. The highest BCUT2D eigenvalue weighted by atomic mass is 16.5. The Morgan fingerprint density at radius 2 is 1.82 bits per heavy atom. The molecule has 2 aromatic rings. The molecule has 1 atom stereocenters.